The highest BCUT2D eigenvalue weighted by Crippen LogP contribution is 2.33. The summed E-state index contributed by atoms with van der Waals surface area (Å²) in [5.41, 5.74) is 4.12. The number of aliphatic carboxylic acids is 1. The third kappa shape index (κ3) is 2.44. The Hall–Kier alpha value is -0.880. The van der Waals surface area contributed by atoms with Crippen LogP contribution in [0.4, 0.5) is 0 Å². The van der Waals surface area contributed by atoms with Gasteiger partial charge >= 0.3 is 5.97 Å². The average Bonchev–Trinajstić information content (AvgIpc) is 2.19. The third-order valence-electron chi connectivity index (χ3n) is 2.64. The topological polar surface area (TPSA) is 104 Å². The van der Waals surface area contributed by atoms with Gasteiger partial charge in [-0.2, -0.15) is 0 Å². The zero-order valence-corrected chi connectivity index (χ0v) is 9.48. The first-order valence-electron chi connectivity index (χ1n) is 4.72. The molecule has 0 aromatic carbocycles. The molecule has 3 atom stereocenters. The van der Waals surface area contributed by atoms with Crippen LogP contribution < -0.4 is 5.73 Å². The number of nitrogens with two attached hydrogens (primary N) is 1. The standard InChI is InChI=1S/C10H14ClNO4/c1-10(16)5(4-7(12)9(14)15)2-3-6(11)8(10)13/h2-3,7-8,13,16H,4,12H2,1H3,(H,14,15)/t7-,8?,10?/m0/s1. The normalized spacial score (nSPS) is 31.7. The van der Waals surface area contributed by atoms with Gasteiger partial charge in [0.1, 0.15) is 17.7 Å². The van der Waals surface area contributed by atoms with E-state index in [1.54, 1.807) is 0 Å². The van der Waals surface area contributed by atoms with Crippen molar-refractivity contribution in [2.75, 3.05) is 0 Å². The molecule has 5 N–H and O–H groups in total. The summed E-state index contributed by atoms with van der Waals surface area (Å²) in [6, 6.07) is -1.12. The molecular weight excluding hydrogens is 234 g/mol. The van der Waals surface area contributed by atoms with Crippen LogP contribution in [0.15, 0.2) is 22.8 Å². The van der Waals surface area contributed by atoms with E-state index in [0.717, 1.165) is 0 Å². The van der Waals surface area contributed by atoms with Gasteiger partial charge in [0.05, 0.1) is 0 Å². The molecule has 90 valence electrons. The second-order valence-electron chi connectivity index (χ2n) is 3.94. The molecule has 0 heterocycles. The van der Waals surface area contributed by atoms with Crippen molar-refractivity contribution in [2.24, 2.45) is 5.73 Å². The number of carboxylic acids is 1. The average molecular weight is 248 g/mol. The van der Waals surface area contributed by atoms with Crippen LogP contribution >= 0.6 is 11.6 Å². The molecule has 0 amide bonds. The van der Waals surface area contributed by atoms with Gasteiger partial charge in [0, 0.05) is 5.03 Å². The number of carbonyl (C=O) groups is 1. The second-order valence-corrected chi connectivity index (χ2v) is 4.38. The Balaban J connectivity index is 2.92. The van der Waals surface area contributed by atoms with E-state index >= 15 is 0 Å². The van der Waals surface area contributed by atoms with E-state index in [2.05, 4.69) is 0 Å². The van der Waals surface area contributed by atoms with Gasteiger partial charge < -0.3 is 21.1 Å². The summed E-state index contributed by atoms with van der Waals surface area (Å²) < 4.78 is 0. The Morgan fingerprint density at radius 1 is 1.69 bits per heavy atom. The molecule has 0 aromatic heterocycles. The second kappa shape index (κ2) is 4.55. The monoisotopic (exact) mass is 247 g/mol. The number of rotatable bonds is 3. The molecule has 2 unspecified atom stereocenters. The first-order chi connectivity index (χ1) is 7.26. The number of halogens is 1. The minimum absolute atomic E-state index is 0.0416. The van der Waals surface area contributed by atoms with Crippen molar-refractivity contribution in [3.63, 3.8) is 0 Å². The van der Waals surface area contributed by atoms with E-state index in [0.29, 0.717) is 5.57 Å². The molecule has 0 spiro atoms. The Bertz CT molecular complexity index is 362. The van der Waals surface area contributed by atoms with Crippen LogP contribution in [0.2, 0.25) is 0 Å². The van der Waals surface area contributed by atoms with Crippen LogP contribution in [0.5, 0.6) is 0 Å². The number of aliphatic hydroxyl groups excluding tert-OH is 1. The maximum Gasteiger partial charge on any atom is 0.320 e. The van der Waals surface area contributed by atoms with Crippen molar-refractivity contribution in [3.8, 4) is 0 Å². The highest BCUT2D eigenvalue weighted by Gasteiger charge is 2.39. The van der Waals surface area contributed by atoms with Gasteiger partial charge in [-0.25, -0.2) is 0 Å². The van der Waals surface area contributed by atoms with Gasteiger partial charge in [0.15, 0.2) is 0 Å². The summed E-state index contributed by atoms with van der Waals surface area (Å²) in [6.07, 6.45) is 1.61. The van der Waals surface area contributed by atoms with Crippen molar-refractivity contribution in [1.29, 1.82) is 0 Å². The molecule has 0 radical (unpaired) electrons. The van der Waals surface area contributed by atoms with E-state index in [1.165, 1.54) is 19.1 Å². The lowest BCUT2D eigenvalue weighted by Crippen LogP contribution is -2.45. The van der Waals surface area contributed by atoms with Gasteiger partial charge in [0.25, 0.3) is 0 Å². The fraction of sp³-hybridized carbons (Fsp3) is 0.500. The number of carboxylic acid groups (broad SMARTS) is 1. The molecule has 0 aromatic rings. The minimum Gasteiger partial charge on any atom is -0.480 e. The maximum absolute atomic E-state index is 10.6. The van der Waals surface area contributed by atoms with Crippen molar-refractivity contribution in [1.82, 2.24) is 0 Å². The lowest BCUT2D eigenvalue weighted by Gasteiger charge is -2.34. The van der Waals surface area contributed by atoms with Gasteiger partial charge in [0.2, 0.25) is 0 Å². The lowest BCUT2D eigenvalue weighted by atomic mass is 9.82. The molecule has 0 bridgehead atoms. The summed E-state index contributed by atoms with van der Waals surface area (Å²) >= 11 is 5.67. The fourth-order valence-electron chi connectivity index (χ4n) is 1.48. The first-order valence-corrected chi connectivity index (χ1v) is 5.10. The van der Waals surface area contributed by atoms with Gasteiger partial charge in [-0.3, -0.25) is 4.79 Å². The van der Waals surface area contributed by atoms with E-state index in [1.807, 2.05) is 0 Å². The van der Waals surface area contributed by atoms with E-state index in [4.69, 9.17) is 22.4 Å². The zero-order chi connectivity index (χ0) is 12.5. The van der Waals surface area contributed by atoms with Crippen LogP contribution in [0.25, 0.3) is 0 Å². The highest BCUT2D eigenvalue weighted by molar-refractivity contribution is 6.30. The molecule has 0 fully saturated rings. The van der Waals surface area contributed by atoms with Crippen molar-refractivity contribution < 1.29 is 20.1 Å². The highest BCUT2D eigenvalue weighted by atomic mass is 35.5. The smallest absolute Gasteiger partial charge is 0.320 e. The molecule has 0 aliphatic heterocycles. The molecule has 1 aliphatic carbocycles. The molecule has 5 nitrogen and oxygen atoms in total. The van der Waals surface area contributed by atoms with E-state index in [9.17, 15) is 15.0 Å². The molecular formula is C10H14ClNO4. The summed E-state index contributed by atoms with van der Waals surface area (Å²) in [5.74, 6) is -1.16. The van der Waals surface area contributed by atoms with Crippen LogP contribution in [-0.4, -0.2) is 39.0 Å². The summed E-state index contributed by atoms with van der Waals surface area (Å²) in [5, 5.41) is 28.4. The molecule has 16 heavy (non-hydrogen) atoms. The van der Waals surface area contributed by atoms with Crippen LogP contribution in [-0.2, 0) is 4.79 Å². The molecule has 1 rings (SSSR count). The number of aliphatic hydroxyl groups is 2. The summed E-state index contributed by atoms with van der Waals surface area (Å²) in [6.45, 7) is 1.37. The Morgan fingerprint density at radius 2 is 2.25 bits per heavy atom. The van der Waals surface area contributed by atoms with Crippen LogP contribution in [0.1, 0.15) is 13.3 Å². The predicted molar refractivity (Wildman–Crippen MR) is 58.9 cm³/mol. The Labute approximate surface area is 97.8 Å². The lowest BCUT2D eigenvalue weighted by molar-refractivity contribution is -0.138. The number of allylic oxidation sites excluding steroid dienone is 2. The summed E-state index contributed by atoms with van der Waals surface area (Å²) in [7, 11) is 0. The maximum atomic E-state index is 10.6. The molecule has 6 heteroatoms. The van der Waals surface area contributed by atoms with Crippen molar-refractivity contribution >= 4 is 17.6 Å². The number of hydrogen-bond donors (Lipinski definition) is 4. The van der Waals surface area contributed by atoms with Gasteiger partial charge in [-0.05, 0) is 25.0 Å². The fourth-order valence-corrected chi connectivity index (χ4v) is 1.76. The SMILES string of the molecule is CC1(O)C(C[C@H](N)C(=O)O)=CC=C(Cl)C1O. The van der Waals surface area contributed by atoms with Crippen LogP contribution in [0, 0.1) is 0 Å². The van der Waals surface area contributed by atoms with E-state index < -0.39 is 23.7 Å². The molecule has 0 saturated heterocycles. The predicted octanol–water partition coefficient (Wildman–Crippen LogP) is -0.0370. The van der Waals surface area contributed by atoms with Crippen molar-refractivity contribution in [2.45, 2.75) is 31.1 Å². The van der Waals surface area contributed by atoms with Crippen molar-refractivity contribution in [3.05, 3.63) is 22.8 Å². The largest absolute Gasteiger partial charge is 0.480 e. The third-order valence-corrected chi connectivity index (χ3v) is 2.98. The minimum atomic E-state index is -1.58. The number of hydrogen-bond acceptors (Lipinski definition) is 4. The Morgan fingerprint density at radius 3 is 2.75 bits per heavy atom. The van der Waals surface area contributed by atoms with Crippen LogP contribution in [0.3, 0.4) is 0 Å². The molecule has 0 saturated carbocycles. The quantitative estimate of drug-likeness (QED) is 0.560. The first kappa shape index (κ1) is 13.2. The summed E-state index contributed by atoms with van der Waals surface area (Å²) in [4.78, 5) is 10.6. The molecule has 1 aliphatic rings. The Kier molecular flexibility index (Phi) is 3.75. The zero-order valence-electron chi connectivity index (χ0n) is 8.72. The van der Waals surface area contributed by atoms with E-state index in [-0.39, 0.29) is 11.5 Å². The van der Waals surface area contributed by atoms with Gasteiger partial charge in [-0.15, -0.1) is 0 Å². The van der Waals surface area contributed by atoms with Gasteiger partial charge in [-0.1, -0.05) is 17.7 Å².